The fourth-order valence-corrected chi connectivity index (χ4v) is 6.41. The van der Waals surface area contributed by atoms with Gasteiger partial charge in [-0.25, -0.2) is 0 Å². The van der Waals surface area contributed by atoms with Crippen LogP contribution in [0.15, 0.2) is 60.1 Å². The van der Waals surface area contributed by atoms with Gasteiger partial charge in [0.15, 0.2) is 11.5 Å². The first-order valence-electron chi connectivity index (χ1n) is 14.6. The van der Waals surface area contributed by atoms with Crippen molar-refractivity contribution in [1.82, 2.24) is 9.47 Å². The molecule has 1 aliphatic heterocycles. The Kier molecular flexibility index (Phi) is 9.72. The number of benzene rings is 2. The monoisotopic (exact) mass is 641 g/mol. The molecule has 3 heterocycles. The number of carbonyl (C=O) groups excluding carboxylic acids is 1. The normalized spacial score (nSPS) is 15.8. The van der Waals surface area contributed by atoms with Gasteiger partial charge in [0.25, 0.3) is 0 Å². The summed E-state index contributed by atoms with van der Waals surface area (Å²) in [5.74, 6) is 0.577. The molecule has 1 aliphatic rings. The van der Waals surface area contributed by atoms with Crippen LogP contribution in [0.5, 0.6) is 11.5 Å². The van der Waals surface area contributed by atoms with Gasteiger partial charge in [0.05, 0.1) is 43.8 Å². The Hall–Kier alpha value is -4.05. The second kappa shape index (κ2) is 13.5. The molecular weight excluding hydrogens is 607 g/mol. The highest BCUT2D eigenvalue weighted by atomic mass is 32.1. The van der Waals surface area contributed by atoms with Crippen molar-refractivity contribution >= 4 is 28.2 Å². The van der Waals surface area contributed by atoms with Crippen molar-refractivity contribution in [3.63, 3.8) is 0 Å². The van der Waals surface area contributed by atoms with E-state index in [1.54, 1.807) is 40.7 Å². The van der Waals surface area contributed by atoms with E-state index >= 15 is 0 Å². The van der Waals surface area contributed by atoms with E-state index in [-0.39, 0.29) is 42.5 Å². The zero-order chi connectivity index (χ0) is 32.2. The van der Waals surface area contributed by atoms with Gasteiger partial charge in [-0.15, -0.1) is 11.3 Å². The first-order chi connectivity index (χ1) is 21.5. The number of fused-ring (bicyclic) bond motifs is 1. The maximum absolute atomic E-state index is 14.8. The highest BCUT2D eigenvalue weighted by Crippen LogP contribution is 2.44. The number of thiophene rings is 1. The number of halogens is 3. The number of ether oxygens (including phenoxy) is 3. The Morgan fingerprint density at radius 2 is 1.91 bits per heavy atom. The lowest BCUT2D eigenvalue weighted by Crippen LogP contribution is -2.53. The van der Waals surface area contributed by atoms with E-state index < -0.39 is 18.3 Å². The molecule has 0 aliphatic carbocycles. The van der Waals surface area contributed by atoms with Gasteiger partial charge < -0.3 is 23.9 Å². The molecule has 45 heavy (non-hydrogen) atoms. The number of nitriles is 1. The summed E-state index contributed by atoms with van der Waals surface area (Å²) in [6.07, 6.45) is -2.90. The van der Waals surface area contributed by atoms with E-state index in [4.69, 9.17) is 14.2 Å². The zero-order valence-electron chi connectivity index (χ0n) is 25.0. The Morgan fingerprint density at radius 1 is 1.13 bits per heavy atom. The number of alkyl halides is 3. The highest BCUT2D eigenvalue weighted by molar-refractivity contribution is 7.09. The van der Waals surface area contributed by atoms with Crippen LogP contribution >= 0.6 is 11.3 Å². The molecule has 0 bridgehead atoms. The minimum atomic E-state index is -4.96. The maximum atomic E-state index is 14.8. The lowest BCUT2D eigenvalue weighted by atomic mass is 9.90. The van der Waals surface area contributed by atoms with Crippen molar-refractivity contribution < 1.29 is 37.3 Å². The molecule has 1 fully saturated rings. The molecule has 8 nitrogen and oxygen atoms in total. The Labute approximate surface area is 263 Å². The third-order valence-electron chi connectivity index (χ3n) is 7.99. The quantitative estimate of drug-likeness (QED) is 0.200. The minimum Gasteiger partial charge on any atom is -0.493 e. The lowest BCUT2D eigenvalue weighted by molar-refractivity contribution is -0.272. The number of hydrogen-bond donors (Lipinski definition) is 1. The number of β-amino-alcohol motifs (C(OH)–C–C–N with tert-alkyl or cyclic N) is 1. The summed E-state index contributed by atoms with van der Waals surface area (Å²) in [5, 5.41) is 23.1. The molecule has 1 saturated heterocycles. The number of aliphatic hydroxyl groups is 1. The first kappa shape index (κ1) is 32.3. The number of esters is 1. The van der Waals surface area contributed by atoms with Crippen molar-refractivity contribution in [2.45, 2.75) is 50.6 Å². The van der Waals surface area contributed by atoms with Gasteiger partial charge in [-0.05, 0) is 61.0 Å². The molecule has 0 radical (unpaired) electrons. The summed E-state index contributed by atoms with van der Waals surface area (Å²) in [4.78, 5) is 14.4. The van der Waals surface area contributed by atoms with Crippen LogP contribution in [0.2, 0.25) is 0 Å². The molecule has 0 amide bonds. The topological polar surface area (TPSA) is 97.0 Å². The third-order valence-corrected chi connectivity index (χ3v) is 8.86. The van der Waals surface area contributed by atoms with E-state index in [1.165, 1.54) is 36.8 Å². The molecule has 0 saturated carbocycles. The van der Waals surface area contributed by atoms with Crippen molar-refractivity contribution in [1.29, 1.82) is 5.26 Å². The number of likely N-dealkylation sites (tertiary alicyclic amines) is 1. The molecule has 12 heteroatoms. The number of piperidine rings is 1. The van der Waals surface area contributed by atoms with Crippen LogP contribution in [0.1, 0.15) is 41.3 Å². The second-order valence-electron chi connectivity index (χ2n) is 11.0. The predicted octanol–water partition coefficient (Wildman–Crippen LogP) is 6.03. The highest BCUT2D eigenvalue weighted by Gasteiger charge is 2.57. The molecule has 5 rings (SSSR count). The number of nitrogens with zero attached hydrogens (tertiary/aromatic N) is 3. The van der Waals surface area contributed by atoms with Crippen molar-refractivity contribution in [3.8, 4) is 17.6 Å². The smallest absolute Gasteiger partial charge is 0.422 e. The van der Waals surface area contributed by atoms with Crippen molar-refractivity contribution in [2.24, 2.45) is 0 Å². The van der Waals surface area contributed by atoms with Gasteiger partial charge in [-0.1, -0.05) is 18.2 Å². The Morgan fingerprint density at radius 3 is 2.56 bits per heavy atom. The van der Waals surface area contributed by atoms with E-state index in [0.29, 0.717) is 54.1 Å². The van der Waals surface area contributed by atoms with Crippen LogP contribution in [0.3, 0.4) is 0 Å². The Balaban J connectivity index is 1.32. The molecule has 1 atom stereocenters. The summed E-state index contributed by atoms with van der Waals surface area (Å²) >= 11 is 1.48. The minimum absolute atomic E-state index is 0.0944. The molecule has 4 aromatic rings. The predicted molar refractivity (Wildman–Crippen MR) is 163 cm³/mol. The average molecular weight is 642 g/mol. The summed E-state index contributed by atoms with van der Waals surface area (Å²) in [6.45, 7) is 2.25. The van der Waals surface area contributed by atoms with Crippen LogP contribution in [0.25, 0.3) is 10.9 Å². The average Bonchev–Trinajstić information content (AvgIpc) is 3.66. The number of hydrogen-bond acceptors (Lipinski definition) is 8. The van der Waals surface area contributed by atoms with Gasteiger partial charge in [-0.2, -0.15) is 18.4 Å². The summed E-state index contributed by atoms with van der Waals surface area (Å²) in [5.41, 5.74) is -1.90. The van der Waals surface area contributed by atoms with Crippen molar-refractivity contribution in [3.05, 3.63) is 81.7 Å². The fourth-order valence-electron chi connectivity index (χ4n) is 5.71. The van der Waals surface area contributed by atoms with Gasteiger partial charge in [0, 0.05) is 41.7 Å². The van der Waals surface area contributed by atoms with E-state index in [9.17, 15) is 28.3 Å². The molecule has 0 spiro atoms. The van der Waals surface area contributed by atoms with Crippen LogP contribution in [0, 0.1) is 11.3 Å². The molecular formula is C33H34F3N3O5S. The van der Waals surface area contributed by atoms with Gasteiger partial charge in [0.1, 0.15) is 6.10 Å². The molecule has 2 aromatic carbocycles. The van der Waals surface area contributed by atoms with Gasteiger partial charge >= 0.3 is 12.1 Å². The first-order valence-corrected chi connectivity index (χ1v) is 15.5. The van der Waals surface area contributed by atoms with Gasteiger partial charge in [0.2, 0.25) is 5.60 Å². The van der Waals surface area contributed by atoms with E-state index in [0.717, 1.165) is 4.88 Å². The van der Waals surface area contributed by atoms with E-state index in [2.05, 4.69) is 6.07 Å². The van der Waals surface area contributed by atoms with Crippen LogP contribution in [-0.4, -0.2) is 66.2 Å². The standard InChI is InChI=1S/C33H34F3N3O5S/c1-3-43-31(40)17-22-7-9-29(30(16-22)42-2)44-24-10-12-38(13-11-24)21-32(41,33(34,35)36)27-20-39(19-25-5-4-14-45-25)28-15-23(18-37)6-8-26(27)28/h4-9,14-16,20,24,41H,3,10-13,17,19,21H2,1-2H3. The summed E-state index contributed by atoms with van der Waals surface area (Å²) in [7, 11) is 1.50. The molecule has 2 aromatic heterocycles. The van der Waals surface area contributed by atoms with Crippen molar-refractivity contribution in [2.75, 3.05) is 33.4 Å². The summed E-state index contributed by atoms with van der Waals surface area (Å²) < 4.78 is 62.7. The number of aromatic nitrogens is 1. The van der Waals surface area contributed by atoms with Crippen LogP contribution in [-0.2, 0) is 28.1 Å². The van der Waals surface area contributed by atoms with Crippen LogP contribution in [0.4, 0.5) is 13.2 Å². The zero-order valence-corrected chi connectivity index (χ0v) is 25.8. The lowest BCUT2D eigenvalue weighted by Gasteiger charge is -2.39. The Bertz CT molecular complexity index is 1670. The SMILES string of the molecule is CCOC(=O)Cc1ccc(OC2CCN(CC(O)(c3cn(Cc4cccs4)c4cc(C#N)ccc34)C(F)(F)F)CC2)c(OC)c1. The largest absolute Gasteiger partial charge is 0.493 e. The number of methoxy groups -OCH3 is 1. The van der Waals surface area contributed by atoms with E-state index in [1.807, 2.05) is 17.5 Å². The third kappa shape index (κ3) is 7.11. The second-order valence-corrected chi connectivity index (χ2v) is 12.0. The summed E-state index contributed by atoms with van der Waals surface area (Å²) in [6, 6.07) is 15.5. The maximum Gasteiger partial charge on any atom is 0.422 e. The number of carbonyl (C=O) groups is 1. The van der Waals surface area contributed by atoms with Crippen LogP contribution < -0.4 is 9.47 Å². The number of rotatable bonds is 11. The fraction of sp³-hybridized carbons (Fsp3) is 0.394. The molecule has 1 unspecified atom stereocenters. The van der Waals surface area contributed by atoms with Gasteiger partial charge in [-0.3, -0.25) is 9.69 Å². The molecule has 238 valence electrons. The molecule has 1 N–H and O–H groups in total.